The van der Waals surface area contributed by atoms with Gasteiger partial charge < -0.3 is 17.0 Å². The summed E-state index contributed by atoms with van der Waals surface area (Å²) in [4.78, 5) is 0. The first-order chi connectivity index (χ1) is 5.15. The Balaban J connectivity index is 0.00000121. The summed E-state index contributed by atoms with van der Waals surface area (Å²) in [6.45, 7) is 0. The molecule has 1 rings (SSSR count). The van der Waals surface area contributed by atoms with Crippen LogP contribution in [-0.4, -0.2) is 0 Å². The van der Waals surface area contributed by atoms with Crippen LogP contribution in [0.4, 0.5) is 0 Å². The van der Waals surface area contributed by atoms with Crippen molar-refractivity contribution >= 4 is 34.8 Å². The molecule has 0 radical (unpaired) electrons. The summed E-state index contributed by atoms with van der Waals surface area (Å²) in [6, 6.07) is 3.44. The van der Waals surface area contributed by atoms with E-state index in [2.05, 4.69) is 0 Å². The third-order valence-electron chi connectivity index (χ3n) is 1.36. The van der Waals surface area contributed by atoms with Gasteiger partial charge in [0.2, 0.25) is 0 Å². The van der Waals surface area contributed by atoms with Crippen LogP contribution in [0.1, 0.15) is 5.56 Å². The van der Waals surface area contributed by atoms with E-state index in [-0.39, 0.29) is 17.0 Å². The fraction of sp³-hybridized carbons (Fsp3) is 0.143. The molecule has 0 unspecified atom stereocenters. The molecule has 1 aromatic rings. The van der Waals surface area contributed by atoms with Crippen molar-refractivity contribution in [3.8, 4) is 0 Å². The molecular weight excluding hydrogens is 336 g/mol. The maximum Gasteiger partial charge on any atom is -1.00 e. The number of hydrogen-bond acceptors (Lipinski definition) is 0. The van der Waals surface area contributed by atoms with Crippen molar-refractivity contribution in [2.24, 2.45) is 0 Å². The monoisotopic (exact) mass is 336 g/mol. The van der Waals surface area contributed by atoms with Crippen molar-refractivity contribution in [1.29, 1.82) is 0 Å². The topological polar surface area (TPSA) is 0 Å². The van der Waals surface area contributed by atoms with Gasteiger partial charge in [-0.25, -0.2) is 0 Å². The second kappa shape index (κ2) is 5.83. The molecule has 0 aliphatic carbocycles. The molecule has 0 aromatic heterocycles. The van der Waals surface area contributed by atoms with Gasteiger partial charge in [0.15, 0.2) is 0 Å². The van der Waals surface area contributed by atoms with E-state index in [1.54, 1.807) is 12.1 Å². The molecule has 5 heteroatoms. The average Bonchev–Trinajstić information content (AvgIpc) is 1.85. The Bertz CT molecular complexity index is 254. The largest absolute Gasteiger partial charge is 1.00 e. The summed E-state index contributed by atoms with van der Waals surface area (Å²) < 4.78 is 0. The molecular formula is C7H4BrCl3Zn. The van der Waals surface area contributed by atoms with Gasteiger partial charge in [-0.05, 0) is 0 Å². The third-order valence-corrected chi connectivity index (χ3v) is 3.30. The summed E-state index contributed by atoms with van der Waals surface area (Å²) >= 11 is 18.6. The predicted octanol–water partition coefficient (Wildman–Crippen LogP) is 0.698. The molecule has 0 heterocycles. The van der Waals surface area contributed by atoms with E-state index in [1.807, 2.05) is 0 Å². The minimum Gasteiger partial charge on any atom is -1.00 e. The Morgan fingerprint density at radius 2 is 1.50 bits per heavy atom. The number of rotatable bonds is 1. The Labute approximate surface area is 107 Å². The smallest absolute Gasteiger partial charge is 1.00 e. The van der Waals surface area contributed by atoms with Gasteiger partial charge in [0.25, 0.3) is 0 Å². The van der Waals surface area contributed by atoms with E-state index < -0.39 is 0 Å². The number of halogens is 4. The average molecular weight is 340 g/mol. The molecule has 62 valence electrons. The Morgan fingerprint density at radius 1 is 1.08 bits per heavy atom. The van der Waals surface area contributed by atoms with Crippen LogP contribution in [0, 0.1) is 0 Å². The van der Waals surface area contributed by atoms with Crippen molar-refractivity contribution in [3.63, 3.8) is 0 Å². The number of benzene rings is 1. The van der Waals surface area contributed by atoms with Crippen molar-refractivity contribution in [2.75, 3.05) is 0 Å². The molecule has 1 aromatic carbocycles. The number of hydrogen-bond donors (Lipinski definition) is 0. The minimum atomic E-state index is 0. The third kappa shape index (κ3) is 3.16. The fourth-order valence-corrected chi connectivity index (χ4v) is 3.61. The minimum absolute atomic E-state index is 0. The second-order valence-electron chi connectivity index (χ2n) is 2.10. The molecule has 12 heavy (non-hydrogen) atoms. The van der Waals surface area contributed by atoms with Crippen LogP contribution in [0.15, 0.2) is 12.1 Å². The molecule has 0 aliphatic heterocycles. The maximum absolute atomic E-state index is 5.89. The van der Waals surface area contributed by atoms with Gasteiger partial charge in [-0.2, -0.15) is 0 Å². The van der Waals surface area contributed by atoms with E-state index in [0.29, 0.717) is 15.1 Å². The molecule has 0 fully saturated rings. The van der Waals surface area contributed by atoms with Crippen molar-refractivity contribution in [3.05, 3.63) is 32.8 Å². The normalized spacial score (nSPS) is 9.42. The van der Waals surface area contributed by atoms with Crippen LogP contribution in [0.25, 0.3) is 0 Å². The van der Waals surface area contributed by atoms with E-state index in [0.717, 1.165) is 28.9 Å². The summed E-state index contributed by atoms with van der Waals surface area (Å²) in [6.07, 6.45) is 0. The summed E-state index contributed by atoms with van der Waals surface area (Å²) in [5.74, 6) is 0. The standard InChI is InChI=1S/C7H4Cl3.BrH.Zn/c1-4-6(9)2-5(8)3-7(4)10;;/h2-3H,1H2;1H;/q;;+1/p-1. The van der Waals surface area contributed by atoms with Crippen LogP contribution in [-0.2, 0) is 23.3 Å². The first kappa shape index (κ1) is 13.2. The van der Waals surface area contributed by atoms with Crippen molar-refractivity contribution < 1.29 is 35.3 Å². The van der Waals surface area contributed by atoms with E-state index in [9.17, 15) is 0 Å². The summed E-state index contributed by atoms with van der Waals surface area (Å²) in [5, 5.41) is 2.90. The Morgan fingerprint density at radius 3 is 1.83 bits per heavy atom. The van der Waals surface area contributed by atoms with Crippen molar-refractivity contribution in [1.82, 2.24) is 0 Å². The Hall–Kier alpha value is 1.19. The Kier molecular flexibility index (Phi) is 6.41. The van der Waals surface area contributed by atoms with Crippen LogP contribution in [0.5, 0.6) is 0 Å². The fourth-order valence-electron chi connectivity index (χ4n) is 0.811. The van der Waals surface area contributed by atoms with Crippen LogP contribution >= 0.6 is 34.8 Å². The molecule has 0 saturated carbocycles. The zero-order valence-electron chi connectivity index (χ0n) is 6.08. The molecule has 0 saturated heterocycles. The molecule has 0 N–H and O–H groups in total. The van der Waals surface area contributed by atoms with Crippen LogP contribution in [0.2, 0.25) is 15.1 Å². The van der Waals surface area contributed by atoms with E-state index in [4.69, 9.17) is 34.8 Å². The second-order valence-corrected chi connectivity index (χ2v) is 4.40. The first-order valence-electron chi connectivity index (χ1n) is 3.08. The van der Waals surface area contributed by atoms with Gasteiger partial charge in [-0.15, -0.1) is 0 Å². The van der Waals surface area contributed by atoms with Gasteiger partial charge in [0.05, 0.1) is 0 Å². The SMILES string of the molecule is Clc1cc(Cl)c([CH2][Zn+])c(Cl)c1.[Br-]. The molecule has 0 spiro atoms. The molecule has 0 aliphatic rings. The van der Waals surface area contributed by atoms with Crippen molar-refractivity contribution in [2.45, 2.75) is 5.02 Å². The van der Waals surface area contributed by atoms with E-state index >= 15 is 0 Å². The van der Waals surface area contributed by atoms with Gasteiger partial charge in [0, 0.05) is 0 Å². The first-order valence-corrected chi connectivity index (χ1v) is 6.31. The summed E-state index contributed by atoms with van der Waals surface area (Å²) in [5.41, 5.74) is 1.01. The van der Waals surface area contributed by atoms with Gasteiger partial charge in [0.1, 0.15) is 0 Å². The predicted molar refractivity (Wildman–Crippen MR) is 45.2 cm³/mol. The molecule has 0 atom stereocenters. The zero-order valence-corrected chi connectivity index (χ0v) is 12.9. The van der Waals surface area contributed by atoms with Crippen LogP contribution < -0.4 is 17.0 Å². The van der Waals surface area contributed by atoms with Gasteiger partial charge in [-0.1, -0.05) is 0 Å². The summed E-state index contributed by atoms with van der Waals surface area (Å²) in [7, 11) is 0. The quantitative estimate of drug-likeness (QED) is 0.661. The zero-order chi connectivity index (χ0) is 8.43. The van der Waals surface area contributed by atoms with Gasteiger partial charge in [-0.3, -0.25) is 0 Å². The van der Waals surface area contributed by atoms with Crippen LogP contribution in [0.3, 0.4) is 0 Å². The van der Waals surface area contributed by atoms with Gasteiger partial charge >= 0.3 is 90.9 Å². The maximum atomic E-state index is 5.89. The molecule has 0 nitrogen and oxygen atoms in total. The van der Waals surface area contributed by atoms with E-state index in [1.165, 1.54) is 0 Å². The molecule has 0 amide bonds. The molecule has 0 bridgehead atoms.